The summed E-state index contributed by atoms with van der Waals surface area (Å²) in [5.41, 5.74) is 2.41. The van der Waals surface area contributed by atoms with Gasteiger partial charge in [-0.2, -0.15) is 10.1 Å². The van der Waals surface area contributed by atoms with Crippen LogP contribution >= 0.6 is 27.3 Å². The molecule has 0 atom stereocenters. The number of carbonyl (C=O) groups excluding carboxylic acids is 1. The zero-order valence-electron chi connectivity index (χ0n) is 11.8. The Kier molecular flexibility index (Phi) is 3.54. The Morgan fingerprint density at radius 1 is 1.38 bits per heavy atom. The first kappa shape index (κ1) is 14.2. The summed E-state index contributed by atoms with van der Waals surface area (Å²) in [5, 5.41) is 4.08. The molecule has 0 saturated carbocycles. The van der Waals surface area contributed by atoms with Crippen LogP contribution in [0.5, 0.6) is 0 Å². The van der Waals surface area contributed by atoms with Gasteiger partial charge < -0.3 is 4.57 Å². The number of benzene rings is 1. The van der Waals surface area contributed by atoms with E-state index < -0.39 is 0 Å². The Hall–Kier alpha value is -1.73. The van der Waals surface area contributed by atoms with Crippen LogP contribution in [0.4, 0.5) is 0 Å². The third-order valence-electron chi connectivity index (χ3n) is 3.29. The van der Waals surface area contributed by atoms with Crippen molar-refractivity contribution in [1.82, 2.24) is 14.3 Å². The highest BCUT2D eigenvalue weighted by Gasteiger charge is 2.14. The third-order valence-corrected chi connectivity index (χ3v) is 4.88. The summed E-state index contributed by atoms with van der Waals surface area (Å²) < 4.78 is 5.58. The van der Waals surface area contributed by atoms with Gasteiger partial charge in [-0.25, -0.2) is 0 Å². The molecule has 0 unspecified atom stereocenters. The molecule has 0 N–H and O–H groups in total. The Morgan fingerprint density at radius 2 is 2.14 bits per heavy atom. The monoisotopic (exact) mass is 364 g/mol. The SMILES string of the molecule is Cc1cnn(C)c1C(=O)N=c1sc2cc(Br)ccc2n1C. The number of thiazole rings is 1. The van der Waals surface area contributed by atoms with Crippen LogP contribution in [0.25, 0.3) is 10.2 Å². The largest absolute Gasteiger partial charge is 0.319 e. The van der Waals surface area contributed by atoms with Crippen molar-refractivity contribution in [2.24, 2.45) is 19.1 Å². The second-order valence-electron chi connectivity index (χ2n) is 4.77. The van der Waals surface area contributed by atoms with E-state index in [0.717, 1.165) is 20.3 Å². The van der Waals surface area contributed by atoms with Gasteiger partial charge in [0.05, 0.1) is 16.4 Å². The van der Waals surface area contributed by atoms with Crippen molar-refractivity contribution in [2.45, 2.75) is 6.92 Å². The number of nitrogens with zero attached hydrogens (tertiary/aromatic N) is 4. The molecule has 0 aliphatic heterocycles. The van der Waals surface area contributed by atoms with Crippen molar-refractivity contribution in [3.05, 3.63) is 44.9 Å². The maximum Gasteiger partial charge on any atom is 0.298 e. The van der Waals surface area contributed by atoms with Gasteiger partial charge in [-0.1, -0.05) is 27.3 Å². The zero-order chi connectivity index (χ0) is 15.1. The van der Waals surface area contributed by atoms with Crippen molar-refractivity contribution in [3.63, 3.8) is 0 Å². The van der Waals surface area contributed by atoms with Gasteiger partial charge in [0.25, 0.3) is 5.91 Å². The zero-order valence-corrected chi connectivity index (χ0v) is 14.2. The minimum Gasteiger partial charge on any atom is -0.319 e. The van der Waals surface area contributed by atoms with Gasteiger partial charge in [-0.05, 0) is 25.1 Å². The third kappa shape index (κ3) is 2.47. The van der Waals surface area contributed by atoms with Gasteiger partial charge in [0, 0.05) is 24.1 Å². The number of halogens is 1. The Balaban J connectivity index is 2.16. The van der Waals surface area contributed by atoms with E-state index in [-0.39, 0.29) is 5.91 Å². The van der Waals surface area contributed by atoms with Crippen LogP contribution in [0.1, 0.15) is 16.1 Å². The van der Waals surface area contributed by atoms with E-state index in [4.69, 9.17) is 0 Å². The highest BCUT2D eigenvalue weighted by atomic mass is 79.9. The van der Waals surface area contributed by atoms with Crippen molar-refractivity contribution in [2.75, 3.05) is 0 Å². The molecule has 21 heavy (non-hydrogen) atoms. The predicted molar refractivity (Wildman–Crippen MR) is 86.3 cm³/mol. The number of hydrogen-bond acceptors (Lipinski definition) is 3. The molecule has 0 spiro atoms. The van der Waals surface area contributed by atoms with Gasteiger partial charge in [-0.15, -0.1) is 0 Å². The van der Waals surface area contributed by atoms with E-state index in [1.807, 2.05) is 36.7 Å². The van der Waals surface area contributed by atoms with Gasteiger partial charge in [0.2, 0.25) is 0 Å². The maximum atomic E-state index is 12.4. The molecule has 1 aromatic carbocycles. The molecule has 0 radical (unpaired) electrons. The highest BCUT2D eigenvalue weighted by Crippen LogP contribution is 2.21. The average molecular weight is 365 g/mol. The molecule has 0 aliphatic rings. The lowest BCUT2D eigenvalue weighted by atomic mass is 10.3. The molecular weight excluding hydrogens is 352 g/mol. The molecule has 5 nitrogen and oxygen atoms in total. The fourth-order valence-corrected chi connectivity index (χ4v) is 3.78. The molecule has 3 rings (SSSR count). The van der Waals surface area contributed by atoms with Gasteiger partial charge in [-0.3, -0.25) is 9.48 Å². The summed E-state index contributed by atoms with van der Waals surface area (Å²) in [6.45, 7) is 1.86. The fraction of sp³-hybridized carbons (Fsp3) is 0.214. The van der Waals surface area contributed by atoms with Crippen molar-refractivity contribution < 1.29 is 4.79 Å². The number of carbonyl (C=O) groups is 1. The molecule has 7 heteroatoms. The number of fused-ring (bicyclic) bond motifs is 1. The van der Waals surface area contributed by atoms with Crippen LogP contribution in [0.2, 0.25) is 0 Å². The Labute approximate surface area is 133 Å². The minimum absolute atomic E-state index is 0.270. The summed E-state index contributed by atoms with van der Waals surface area (Å²) in [6, 6.07) is 6.01. The van der Waals surface area contributed by atoms with Gasteiger partial charge in [0.15, 0.2) is 4.80 Å². The number of aromatic nitrogens is 3. The van der Waals surface area contributed by atoms with Crippen molar-refractivity contribution in [1.29, 1.82) is 0 Å². The smallest absolute Gasteiger partial charge is 0.298 e. The first-order valence-electron chi connectivity index (χ1n) is 6.30. The quantitative estimate of drug-likeness (QED) is 0.666. The molecular formula is C14H13BrN4OS. The second-order valence-corrected chi connectivity index (χ2v) is 6.70. The minimum atomic E-state index is -0.270. The molecule has 2 aromatic heterocycles. The van der Waals surface area contributed by atoms with E-state index in [2.05, 4.69) is 26.0 Å². The van der Waals surface area contributed by atoms with Crippen LogP contribution in [-0.2, 0) is 14.1 Å². The summed E-state index contributed by atoms with van der Waals surface area (Å²) in [5.74, 6) is -0.270. The maximum absolute atomic E-state index is 12.4. The number of amides is 1. The molecule has 0 fully saturated rings. The average Bonchev–Trinajstić information content (AvgIpc) is 2.91. The van der Waals surface area contributed by atoms with E-state index in [1.165, 1.54) is 11.3 Å². The standard InChI is InChI=1S/C14H13BrN4OS/c1-8-7-16-19(3)12(8)13(20)17-14-18(2)10-5-4-9(15)6-11(10)21-14/h4-7H,1-3H3. The molecule has 0 bridgehead atoms. The van der Waals surface area contributed by atoms with Gasteiger partial charge >= 0.3 is 0 Å². The number of rotatable bonds is 1. The van der Waals surface area contributed by atoms with Gasteiger partial charge in [0.1, 0.15) is 5.69 Å². The molecule has 0 aliphatic carbocycles. The lowest BCUT2D eigenvalue weighted by molar-refractivity contribution is 0.0988. The summed E-state index contributed by atoms with van der Waals surface area (Å²) in [6.07, 6.45) is 1.67. The van der Waals surface area contributed by atoms with Crippen LogP contribution in [0.3, 0.4) is 0 Å². The van der Waals surface area contributed by atoms with Crippen molar-refractivity contribution >= 4 is 43.4 Å². The Morgan fingerprint density at radius 3 is 2.81 bits per heavy atom. The predicted octanol–water partition coefficient (Wildman–Crippen LogP) is 2.79. The van der Waals surface area contributed by atoms with E-state index >= 15 is 0 Å². The van der Waals surface area contributed by atoms with Crippen LogP contribution in [0.15, 0.2) is 33.9 Å². The fourth-order valence-electron chi connectivity index (χ4n) is 2.21. The lowest BCUT2D eigenvalue weighted by Gasteiger charge is -1.98. The van der Waals surface area contributed by atoms with E-state index in [9.17, 15) is 4.79 Å². The first-order chi connectivity index (χ1) is 9.97. The lowest BCUT2D eigenvalue weighted by Crippen LogP contribution is -2.15. The molecule has 3 aromatic rings. The summed E-state index contributed by atoms with van der Waals surface area (Å²) >= 11 is 4.95. The molecule has 2 heterocycles. The normalized spacial score (nSPS) is 12.3. The molecule has 0 saturated heterocycles. The second kappa shape index (κ2) is 5.23. The number of hydrogen-bond donors (Lipinski definition) is 0. The van der Waals surface area contributed by atoms with Crippen LogP contribution in [-0.4, -0.2) is 20.3 Å². The first-order valence-corrected chi connectivity index (χ1v) is 7.91. The Bertz CT molecular complexity index is 899. The highest BCUT2D eigenvalue weighted by molar-refractivity contribution is 9.10. The number of aryl methyl sites for hydroxylation is 3. The summed E-state index contributed by atoms with van der Waals surface area (Å²) in [7, 11) is 3.66. The van der Waals surface area contributed by atoms with E-state index in [1.54, 1.807) is 17.9 Å². The molecule has 1 amide bonds. The van der Waals surface area contributed by atoms with Crippen LogP contribution in [0, 0.1) is 6.92 Å². The van der Waals surface area contributed by atoms with Crippen molar-refractivity contribution in [3.8, 4) is 0 Å². The summed E-state index contributed by atoms with van der Waals surface area (Å²) in [4.78, 5) is 17.3. The topological polar surface area (TPSA) is 52.2 Å². The van der Waals surface area contributed by atoms with E-state index in [0.29, 0.717) is 10.5 Å². The van der Waals surface area contributed by atoms with Crippen LogP contribution < -0.4 is 4.80 Å². The molecule has 108 valence electrons.